The number of rotatable bonds is 4. The number of furan rings is 1. The maximum absolute atomic E-state index is 11.3. The molecule has 0 saturated heterocycles. The van der Waals surface area contributed by atoms with Gasteiger partial charge in [0.25, 0.3) is 0 Å². The zero-order valence-corrected chi connectivity index (χ0v) is 11.5. The molecule has 1 aromatic heterocycles. The molecular formula is C14H17NO2S. The minimum Gasteiger partial charge on any atom is -0.464 e. The zero-order chi connectivity index (χ0) is 13.2. The van der Waals surface area contributed by atoms with E-state index < -0.39 is 0 Å². The Bertz CT molecular complexity index is 560. The molecule has 1 N–H and O–H groups in total. The van der Waals surface area contributed by atoms with Crippen LogP contribution in [0, 0.1) is 0 Å². The van der Waals surface area contributed by atoms with Crippen LogP contribution in [0.1, 0.15) is 19.4 Å². The number of carbonyl (C=O) groups excluding carboxylic acids is 1. The number of hydrogen-bond donors (Lipinski definition) is 2. The van der Waals surface area contributed by atoms with Gasteiger partial charge in [-0.1, -0.05) is 32.0 Å². The van der Waals surface area contributed by atoms with Gasteiger partial charge in [0.15, 0.2) is 0 Å². The Balaban J connectivity index is 2.26. The number of amides is 1. The summed E-state index contributed by atoms with van der Waals surface area (Å²) in [5, 5.41) is 3.97. The molecule has 1 amide bonds. The Hall–Kier alpha value is -1.42. The predicted molar refractivity (Wildman–Crippen MR) is 76.1 cm³/mol. The van der Waals surface area contributed by atoms with Crippen LogP contribution in [0.3, 0.4) is 0 Å². The largest absolute Gasteiger partial charge is 0.464 e. The molecule has 2 aromatic rings. The van der Waals surface area contributed by atoms with Gasteiger partial charge in [0, 0.05) is 22.9 Å². The number of fused-ring (bicyclic) bond motifs is 1. The van der Waals surface area contributed by atoms with Crippen LogP contribution in [-0.4, -0.2) is 18.2 Å². The number of thiol groups is 1. The Morgan fingerprint density at radius 2 is 2.11 bits per heavy atom. The molecule has 4 heteroatoms. The average molecular weight is 263 g/mol. The average Bonchev–Trinajstić information content (AvgIpc) is 2.80. The van der Waals surface area contributed by atoms with E-state index in [1.165, 1.54) is 0 Å². The number of para-hydroxylation sites is 1. The van der Waals surface area contributed by atoms with Gasteiger partial charge in [0.2, 0.25) is 5.91 Å². The molecule has 0 bridgehead atoms. The van der Waals surface area contributed by atoms with E-state index in [0.717, 1.165) is 16.5 Å². The molecule has 0 unspecified atom stereocenters. The summed E-state index contributed by atoms with van der Waals surface area (Å²) in [7, 11) is 0. The van der Waals surface area contributed by atoms with Crippen LogP contribution in [0.25, 0.3) is 11.0 Å². The van der Waals surface area contributed by atoms with E-state index in [2.05, 4.69) is 31.8 Å². The van der Waals surface area contributed by atoms with Crippen molar-refractivity contribution in [2.75, 3.05) is 12.3 Å². The first-order chi connectivity index (χ1) is 8.54. The van der Waals surface area contributed by atoms with Crippen LogP contribution in [0.5, 0.6) is 0 Å². The SMILES string of the molecule is CC(C)(CNC(=O)CS)c1coc2ccccc12. The van der Waals surface area contributed by atoms with Crippen molar-refractivity contribution < 1.29 is 9.21 Å². The van der Waals surface area contributed by atoms with Gasteiger partial charge < -0.3 is 9.73 Å². The molecule has 0 aliphatic rings. The smallest absolute Gasteiger partial charge is 0.229 e. The van der Waals surface area contributed by atoms with Gasteiger partial charge in [-0.3, -0.25) is 4.79 Å². The lowest BCUT2D eigenvalue weighted by molar-refractivity contribution is -0.118. The molecule has 0 atom stereocenters. The first-order valence-corrected chi connectivity index (χ1v) is 6.52. The van der Waals surface area contributed by atoms with Crippen molar-refractivity contribution >= 4 is 29.5 Å². The fourth-order valence-electron chi connectivity index (χ4n) is 1.97. The third kappa shape index (κ3) is 2.53. The van der Waals surface area contributed by atoms with Crippen LogP contribution in [0.4, 0.5) is 0 Å². The Labute approximate surface area is 112 Å². The summed E-state index contributed by atoms with van der Waals surface area (Å²) in [6.45, 7) is 4.74. The molecule has 0 fully saturated rings. The number of carbonyl (C=O) groups is 1. The quantitative estimate of drug-likeness (QED) is 0.833. The van der Waals surface area contributed by atoms with Crippen LogP contribution in [0.15, 0.2) is 34.9 Å². The van der Waals surface area contributed by atoms with Crippen LogP contribution >= 0.6 is 12.6 Å². The van der Waals surface area contributed by atoms with Crippen molar-refractivity contribution in [3.8, 4) is 0 Å². The first-order valence-electron chi connectivity index (χ1n) is 5.89. The molecule has 0 saturated carbocycles. The standard InChI is InChI=1S/C14H17NO2S/c1-14(2,9-15-13(16)8-18)11-7-17-12-6-4-3-5-10(11)12/h3-7,18H,8-9H2,1-2H3,(H,15,16). The molecule has 96 valence electrons. The van der Waals surface area contributed by atoms with Gasteiger partial charge in [-0.15, -0.1) is 0 Å². The lowest BCUT2D eigenvalue weighted by atomic mass is 9.84. The highest BCUT2D eigenvalue weighted by molar-refractivity contribution is 7.81. The highest BCUT2D eigenvalue weighted by Crippen LogP contribution is 2.31. The summed E-state index contributed by atoms with van der Waals surface area (Å²) in [5.74, 6) is 0.154. The van der Waals surface area contributed by atoms with E-state index in [0.29, 0.717) is 6.54 Å². The van der Waals surface area contributed by atoms with E-state index in [1.54, 1.807) is 6.26 Å². The van der Waals surface area contributed by atoms with Gasteiger partial charge in [-0.05, 0) is 6.07 Å². The fraction of sp³-hybridized carbons (Fsp3) is 0.357. The molecule has 2 rings (SSSR count). The number of hydrogen-bond acceptors (Lipinski definition) is 3. The van der Waals surface area contributed by atoms with Gasteiger partial charge in [0.05, 0.1) is 12.0 Å². The van der Waals surface area contributed by atoms with Crippen LogP contribution < -0.4 is 5.32 Å². The third-order valence-corrected chi connectivity index (χ3v) is 3.37. The molecule has 18 heavy (non-hydrogen) atoms. The topological polar surface area (TPSA) is 42.2 Å². The fourth-order valence-corrected chi connectivity index (χ4v) is 2.08. The summed E-state index contributed by atoms with van der Waals surface area (Å²) in [6.07, 6.45) is 1.78. The zero-order valence-electron chi connectivity index (χ0n) is 10.6. The summed E-state index contributed by atoms with van der Waals surface area (Å²) in [5.41, 5.74) is 1.81. The molecule has 1 aromatic carbocycles. The van der Waals surface area contributed by atoms with E-state index in [1.807, 2.05) is 24.3 Å². The van der Waals surface area contributed by atoms with E-state index in [-0.39, 0.29) is 17.1 Å². The summed E-state index contributed by atoms with van der Waals surface area (Å²) >= 11 is 3.95. The monoisotopic (exact) mass is 263 g/mol. The predicted octanol–water partition coefficient (Wildman–Crippen LogP) is 2.76. The van der Waals surface area contributed by atoms with Crippen molar-refractivity contribution in [2.45, 2.75) is 19.3 Å². The minimum absolute atomic E-state index is 0.0563. The Morgan fingerprint density at radius 3 is 2.83 bits per heavy atom. The molecule has 0 radical (unpaired) electrons. The molecule has 0 aliphatic heterocycles. The first kappa shape index (κ1) is 13.0. The number of benzene rings is 1. The van der Waals surface area contributed by atoms with Crippen molar-refractivity contribution in [3.05, 3.63) is 36.1 Å². The second kappa shape index (κ2) is 5.06. The summed E-state index contributed by atoms with van der Waals surface area (Å²) in [6, 6.07) is 7.92. The maximum atomic E-state index is 11.3. The highest BCUT2D eigenvalue weighted by atomic mass is 32.1. The van der Waals surface area contributed by atoms with Gasteiger partial charge in [-0.25, -0.2) is 0 Å². The van der Waals surface area contributed by atoms with Crippen LogP contribution in [0.2, 0.25) is 0 Å². The van der Waals surface area contributed by atoms with Gasteiger partial charge in [-0.2, -0.15) is 12.6 Å². The van der Waals surface area contributed by atoms with Crippen molar-refractivity contribution in [1.82, 2.24) is 5.32 Å². The normalized spacial score (nSPS) is 11.7. The summed E-state index contributed by atoms with van der Waals surface area (Å²) in [4.78, 5) is 11.3. The number of nitrogens with one attached hydrogen (secondary N) is 1. The molecular weight excluding hydrogens is 246 g/mol. The lowest BCUT2D eigenvalue weighted by Crippen LogP contribution is -2.37. The van der Waals surface area contributed by atoms with E-state index in [9.17, 15) is 4.79 Å². The Morgan fingerprint density at radius 1 is 1.39 bits per heavy atom. The maximum Gasteiger partial charge on any atom is 0.229 e. The van der Waals surface area contributed by atoms with E-state index >= 15 is 0 Å². The lowest BCUT2D eigenvalue weighted by Gasteiger charge is -2.24. The second-order valence-corrected chi connectivity index (χ2v) is 5.28. The molecule has 0 spiro atoms. The van der Waals surface area contributed by atoms with Gasteiger partial charge in [0.1, 0.15) is 5.58 Å². The van der Waals surface area contributed by atoms with Crippen LogP contribution in [-0.2, 0) is 10.2 Å². The van der Waals surface area contributed by atoms with E-state index in [4.69, 9.17) is 4.42 Å². The second-order valence-electron chi connectivity index (χ2n) is 4.96. The van der Waals surface area contributed by atoms with Crippen molar-refractivity contribution in [1.29, 1.82) is 0 Å². The molecule has 0 aliphatic carbocycles. The molecule has 3 nitrogen and oxygen atoms in total. The molecule has 1 heterocycles. The minimum atomic E-state index is -0.175. The van der Waals surface area contributed by atoms with Gasteiger partial charge >= 0.3 is 0 Å². The third-order valence-electron chi connectivity index (χ3n) is 3.08. The van der Waals surface area contributed by atoms with Crippen molar-refractivity contribution in [2.24, 2.45) is 0 Å². The Kier molecular flexibility index (Phi) is 3.66. The summed E-state index contributed by atoms with van der Waals surface area (Å²) < 4.78 is 5.54. The van der Waals surface area contributed by atoms with Crippen molar-refractivity contribution in [3.63, 3.8) is 0 Å². The highest BCUT2D eigenvalue weighted by Gasteiger charge is 2.25.